The summed E-state index contributed by atoms with van der Waals surface area (Å²) in [5.41, 5.74) is 4.56. The number of hydrogen-bond donors (Lipinski definition) is 2. The van der Waals surface area contributed by atoms with Gasteiger partial charge >= 0.3 is 6.18 Å². The topological polar surface area (TPSA) is 55.1 Å². The van der Waals surface area contributed by atoms with Gasteiger partial charge in [-0.05, 0) is 42.5 Å². The third-order valence-electron chi connectivity index (χ3n) is 2.73. The molecule has 0 bridgehead atoms. The zero-order chi connectivity index (χ0) is 15.6. The van der Waals surface area contributed by atoms with E-state index in [1.165, 1.54) is 12.1 Å². The van der Waals surface area contributed by atoms with E-state index in [4.69, 9.17) is 5.73 Å². The van der Waals surface area contributed by atoms with Crippen molar-refractivity contribution in [3.8, 4) is 0 Å². The number of benzene rings is 2. The summed E-state index contributed by atoms with van der Waals surface area (Å²) in [7, 11) is 0. The molecule has 0 aliphatic carbocycles. The predicted octanol–water partition coefficient (Wildman–Crippen LogP) is 3.68. The van der Waals surface area contributed by atoms with Crippen molar-refractivity contribution in [2.75, 3.05) is 11.1 Å². The Kier molecular flexibility index (Phi) is 3.84. The molecule has 0 heterocycles. The van der Waals surface area contributed by atoms with Crippen LogP contribution >= 0.6 is 0 Å². The van der Waals surface area contributed by atoms with Crippen LogP contribution in [-0.2, 0) is 6.18 Å². The molecule has 0 saturated heterocycles. The molecular formula is C14H10F4N2O. The van der Waals surface area contributed by atoms with Crippen LogP contribution in [0.4, 0.5) is 28.9 Å². The van der Waals surface area contributed by atoms with Gasteiger partial charge in [0, 0.05) is 11.3 Å². The molecule has 1 amide bonds. The molecular weight excluding hydrogens is 288 g/mol. The summed E-state index contributed by atoms with van der Waals surface area (Å²) in [6.45, 7) is 0. The molecule has 0 saturated carbocycles. The number of anilines is 2. The van der Waals surface area contributed by atoms with Gasteiger partial charge in [-0.2, -0.15) is 13.2 Å². The highest BCUT2D eigenvalue weighted by atomic mass is 19.4. The Morgan fingerprint density at radius 1 is 1.05 bits per heavy atom. The van der Waals surface area contributed by atoms with Crippen molar-refractivity contribution in [2.45, 2.75) is 6.18 Å². The number of nitrogens with two attached hydrogens (primary N) is 1. The lowest BCUT2D eigenvalue weighted by atomic mass is 10.1. The molecule has 2 aromatic carbocycles. The number of carbonyl (C=O) groups is 1. The Balaban J connectivity index is 2.14. The van der Waals surface area contributed by atoms with Crippen molar-refractivity contribution in [1.82, 2.24) is 0 Å². The lowest BCUT2D eigenvalue weighted by Crippen LogP contribution is -2.13. The lowest BCUT2D eigenvalue weighted by Gasteiger charge is -2.09. The van der Waals surface area contributed by atoms with Crippen LogP contribution in [0.25, 0.3) is 0 Å². The zero-order valence-electron chi connectivity index (χ0n) is 10.5. The van der Waals surface area contributed by atoms with Crippen molar-refractivity contribution >= 4 is 17.3 Å². The maximum Gasteiger partial charge on any atom is 0.416 e. The summed E-state index contributed by atoms with van der Waals surface area (Å²) < 4.78 is 50.4. The van der Waals surface area contributed by atoms with Crippen LogP contribution in [0, 0.1) is 5.82 Å². The second-order valence-corrected chi connectivity index (χ2v) is 4.27. The van der Waals surface area contributed by atoms with Crippen molar-refractivity contribution in [3.05, 3.63) is 59.4 Å². The third-order valence-corrected chi connectivity index (χ3v) is 2.73. The standard InChI is InChI=1S/C14H10F4N2O/c15-11-7-8(1-6-12(11)19)13(21)20-10-4-2-9(3-5-10)14(16,17)18/h1-7H,19H2,(H,20,21). The quantitative estimate of drug-likeness (QED) is 0.656. The number of halogens is 4. The fourth-order valence-electron chi connectivity index (χ4n) is 1.61. The van der Waals surface area contributed by atoms with Gasteiger partial charge in [-0.3, -0.25) is 4.79 Å². The first-order valence-electron chi connectivity index (χ1n) is 5.81. The highest BCUT2D eigenvalue weighted by molar-refractivity contribution is 6.04. The maximum atomic E-state index is 13.2. The molecule has 0 aliphatic rings. The molecule has 0 atom stereocenters. The molecule has 21 heavy (non-hydrogen) atoms. The van der Waals surface area contributed by atoms with E-state index in [1.807, 2.05) is 0 Å². The van der Waals surface area contributed by atoms with E-state index in [2.05, 4.69) is 5.32 Å². The lowest BCUT2D eigenvalue weighted by molar-refractivity contribution is -0.137. The van der Waals surface area contributed by atoms with Gasteiger partial charge < -0.3 is 11.1 Å². The number of amides is 1. The highest BCUT2D eigenvalue weighted by Gasteiger charge is 2.29. The average Bonchev–Trinajstić information content (AvgIpc) is 2.41. The van der Waals surface area contributed by atoms with E-state index in [0.29, 0.717) is 0 Å². The van der Waals surface area contributed by atoms with E-state index in [9.17, 15) is 22.4 Å². The molecule has 2 aromatic rings. The number of nitrogen functional groups attached to an aromatic ring is 1. The molecule has 110 valence electrons. The normalized spacial score (nSPS) is 11.2. The van der Waals surface area contributed by atoms with Gasteiger partial charge in [0.05, 0.1) is 11.3 Å². The minimum atomic E-state index is -4.44. The van der Waals surface area contributed by atoms with E-state index in [1.54, 1.807) is 0 Å². The largest absolute Gasteiger partial charge is 0.416 e. The smallest absolute Gasteiger partial charge is 0.396 e. The van der Waals surface area contributed by atoms with Crippen molar-refractivity contribution in [3.63, 3.8) is 0 Å². The van der Waals surface area contributed by atoms with Gasteiger partial charge in [0.1, 0.15) is 5.82 Å². The summed E-state index contributed by atoms with van der Waals surface area (Å²) in [6, 6.07) is 7.44. The minimum Gasteiger partial charge on any atom is -0.396 e. The first-order chi connectivity index (χ1) is 9.77. The molecule has 0 aromatic heterocycles. The van der Waals surface area contributed by atoms with Crippen molar-refractivity contribution in [1.29, 1.82) is 0 Å². The molecule has 0 spiro atoms. The van der Waals surface area contributed by atoms with E-state index < -0.39 is 23.5 Å². The maximum absolute atomic E-state index is 13.2. The molecule has 0 radical (unpaired) electrons. The van der Waals surface area contributed by atoms with E-state index in [0.717, 1.165) is 30.3 Å². The molecule has 0 fully saturated rings. The second-order valence-electron chi connectivity index (χ2n) is 4.27. The number of rotatable bonds is 2. The van der Waals surface area contributed by atoms with Crippen molar-refractivity contribution in [2.24, 2.45) is 0 Å². The van der Waals surface area contributed by atoms with Crippen LogP contribution < -0.4 is 11.1 Å². The van der Waals surface area contributed by atoms with Crippen LogP contribution in [-0.4, -0.2) is 5.91 Å². The summed E-state index contributed by atoms with van der Waals surface area (Å²) in [5.74, 6) is -1.39. The summed E-state index contributed by atoms with van der Waals surface area (Å²) >= 11 is 0. The SMILES string of the molecule is Nc1ccc(C(=O)Nc2ccc(C(F)(F)F)cc2)cc1F. The van der Waals surface area contributed by atoms with Crippen LogP contribution in [0.5, 0.6) is 0 Å². The minimum absolute atomic E-state index is 0.0154. The van der Waals surface area contributed by atoms with Gasteiger partial charge in [0.2, 0.25) is 0 Å². The third kappa shape index (κ3) is 3.50. The van der Waals surface area contributed by atoms with Crippen LogP contribution in [0.2, 0.25) is 0 Å². The first kappa shape index (κ1) is 14.8. The predicted molar refractivity (Wildman–Crippen MR) is 70.2 cm³/mol. The Morgan fingerprint density at radius 3 is 2.19 bits per heavy atom. The fourth-order valence-corrected chi connectivity index (χ4v) is 1.61. The summed E-state index contributed by atoms with van der Waals surface area (Å²) in [5, 5.41) is 2.37. The Morgan fingerprint density at radius 2 is 1.67 bits per heavy atom. The van der Waals surface area contributed by atoms with Crippen LogP contribution in [0.3, 0.4) is 0 Å². The summed E-state index contributed by atoms with van der Waals surface area (Å²) in [4.78, 5) is 11.8. The number of hydrogen-bond acceptors (Lipinski definition) is 2. The number of carbonyl (C=O) groups excluding carboxylic acids is 1. The van der Waals surface area contributed by atoms with Crippen LogP contribution in [0.1, 0.15) is 15.9 Å². The van der Waals surface area contributed by atoms with Gasteiger partial charge in [-0.1, -0.05) is 0 Å². The zero-order valence-corrected chi connectivity index (χ0v) is 10.5. The fraction of sp³-hybridized carbons (Fsp3) is 0.0714. The van der Waals surface area contributed by atoms with Gasteiger partial charge in [0.15, 0.2) is 0 Å². The molecule has 2 rings (SSSR count). The monoisotopic (exact) mass is 298 g/mol. The number of alkyl halides is 3. The Hall–Kier alpha value is -2.57. The van der Waals surface area contributed by atoms with E-state index >= 15 is 0 Å². The average molecular weight is 298 g/mol. The highest BCUT2D eigenvalue weighted by Crippen LogP contribution is 2.29. The van der Waals surface area contributed by atoms with Crippen molar-refractivity contribution < 1.29 is 22.4 Å². The molecule has 3 N–H and O–H groups in total. The summed E-state index contributed by atoms with van der Waals surface area (Å²) in [6.07, 6.45) is -4.44. The van der Waals surface area contributed by atoms with Gasteiger partial charge in [-0.15, -0.1) is 0 Å². The number of nitrogens with one attached hydrogen (secondary N) is 1. The molecule has 3 nitrogen and oxygen atoms in total. The molecule has 0 unspecified atom stereocenters. The van der Waals surface area contributed by atoms with Gasteiger partial charge in [-0.25, -0.2) is 4.39 Å². The van der Waals surface area contributed by atoms with Gasteiger partial charge in [0.25, 0.3) is 5.91 Å². The van der Waals surface area contributed by atoms with Crippen LogP contribution in [0.15, 0.2) is 42.5 Å². The molecule has 7 heteroatoms. The Labute approximate surface area is 117 Å². The Bertz CT molecular complexity index is 666. The first-order valence-corrected chi connectivity index (χ1v) is 5.81. The molecule has 0 aliphatic heterocycles. The van der Waals surface area contributed by atoms with E-state index in [-0.39, 0.29) is 16.9 Å². The second kappa shape index (κ2) is 5.43.